The molecule has 328 valence electrons. The minimum absolute atomic E-state index is 0.0597. The van der Waals surface area contributed by atoms with Gasteiger partial charge in [-0.2, -0.15) is 0 Å². The minimum atomic E-state index is -1.14. The van der Waals surface area contributed by atoms with E-state index in [1.807, 2.05) is 0 Å². The first-order valence-corrected chi connectivity index (χ1v) is 19.2. The molecule has 0 aliphatic carbocycles. The topological polar surface area (TPSA) is 297 Å². The Hall–Kier alpha value is -4.08. The number of rotatable bonds is 36. The number of ether oxygens (including phenoxy) is 5. The van der Waals surface area contributed by atoms with E-state index in [9.17, 15) is 38.4 Å². The van der Waals surface area contributed by atoms with Crippen molar-refractivity contribution in [1.29, 1.82) is 0 Å². The first kappa shape index (κ1) is 52.9. The molecule has 3 amide bonds. The highest BCUT2D eigenvalue weighted by atomic mass is 16.6. The number of nitrogens with two attached hydrogens (primary N) is 1. The van der Waals surface area contributed by atoms with E-state index in [0.717, 1.165) is 0 Å². The number of esters is 1. The molecule has 0 radical (unpaired) electrons. The predicted molar refractivity (Wildman–Crippen MR) is 204 cm³/mol. The Morgan fingerprint density at radius 3 is 1.70 bits per heavy atom. The van der Waals surface area contributed by atoms with Crippen LogP contribution in [-0.4, -0.2) is 155 Å². The lowest BCUT2D eigenvalue weighted by Crippen LogP contribution is -2.37. The maximum absolute atomic E-state index is 12.6. The normalized spacial score (nSPS) is 12.9. The summed E-state index contributed by atoms with van der Waals surface area (Å²) in [5.41, 5.74) is 5.22. The molecular formula is C37H65N5O15. The Balaban J connectivity index is 3.92. The molecule has 0 aromatic heterocycles. The number of ketones is 2. The molecule has 0 aliphatic rings. The van der Waals surface area contributed by atoms with Crippen LogP contribution in [0.1, 0.15) is 79.1 Å². The van der Waals surface area contributed by atoms with E-state index in [1.54, 1.807) is 27.7 Å². The third-order valence-electron chi connectivity index (χ3n) is 7.82. The van der Waals surface area contributed by atoms with Gasteiger partial charge in [0.1, 0.15) is 30.4 Å². The van der Waals surface area contributed by atoms with E-state index in [-0.39, 0.29) is 127 Å². The van der Waals surface area contributed by atoms with Gasteiger partial charge >= 0.3 is 17.9 Å². The lowest BCUT2D eigenvalue weighted by Gasteiger charge is -2.22. The second-order valence-corrected chi connectivity index (χ2v) is 14.2. The van der Waals surface area contributed by atoms with Crippen LogP contribution in [0.3, 0.4) is 0 Å². The van der Waals surface area contributed by atoms with Gasteiger partial charge in [0.25, 0.3) is 0 Å². The fourth-order valence-electron chi connectivity index (χ4n) is 4.74. The zero-order valence-corrected chi connectivity index (χ0v) is 33.9. The van der Waals surface area contributed by atoms with Gasteiger partial charge in [0.05, 0.1) is 64.7 Å². The average molecular weight is 820 g/mol. The van der Waals surface area contributed by atoms with Gasteiger partial charge in [-0.25, -0.2) is 0 Å². The van der Waals surface area contributed by atoms with Gasteiger partial charge in [0.2, 0.25) is 17.7 Å². The number of carbonyl (C=O) groups is 8. The van der Waals surface area contributed by atoms with E-state index >= 15 is 0 Å². The third kappa shape index (κ3) is 32.7. The van der Waals surface area contributed by atoms with E-state index < -0.39 is 41.8 Å². The molecule has 0 saturated heterocycles. The highest BCUT2D eigenvalue weighted by Gasteiger charge is 2.25. The smallest absolute Gasteiger partial charge is 0.317 e. The SMILES string of the molecule is C[C@@H](CCC(=O)NCCOCCOCC(=O)NCCOCCOCC(=O)NCCCC[C@H](CC(=O)[C@@H](N)CCC(=O)O)C(=O)CNCC(=O)O)C(=O)OC(C)(C)C. The molecule has 20 nitrogen and oxygen atoms in total. The lowest BCUT2D eigenvalue weighted by molar-refractivity contribution is -0.159. The quantitative estimate of drug-likeness (QED) is 0.0305. The number of hydrogen-bond donors (Lipinski definition) is 7. The number of hydrogen-bond acceptors (Lipinski definition) is 15. The van der Waals surface area contributed by atoms with Gasteiger partial charge in [-0.1, -0.05) is 13.3 Å². The molecule has 0 unspecified atom stereocenters. The fraction of sp³-hybridized carbons (Fsp3) is 0.784. The van der Waals surface area contributed by atoms with Gasteiger partial charge in [0.15, 0.2) is 0 Å². The summed E-state index contributed by atoms with van der Waals surface area (Å²) in [6.45, 7) is 8.13. The molecule has 0 aromatic carbocycles. The van der Waals surface area contributed by atoms with Crippen molar-refractivity contribution in [3.05, 3.63) is 0 Å². The van der Waals surface area contributed by atoms with Crippen molar-refractivity contribution in [2.75, 3.05) is 85.6 Å². The number of carboxylic acid groups (broad SMARTS) is 2. The van der Waals surface area contributed by atoms with Crippen LogP contribution < -0.4 is 27.0 Å². The lowest BCUT2D eigenvalue weighted by atomic mass is 9.89. The number of carboxylic acids is 2. The molecule has 0 fully saturated rings. The summed E-state index contributed by atoms with van der Waals surface area (Å²) in [6.07, 6.45) is 1.30. The number of Topliss-reactive ketones (excluding diaryl/α,β-unsaturated/α-hetero) is 2. The van der Waals surface area contributed by atoms with Gasteiger partial charge in [-0.3, -0.25) is 38.4 Å². The molecule has 3 atom stereocenters. The Labute approximate surface area is 334 Å². The molecular weight excluding hydrogens is 754 g/mol. The summed E-state index contributed by atoms with van der Waals surface area (Å²) in [4.78, 5) is 94.6. The van der Waals surface area contributed by atoms with Crippen LogP contribution in [0.5, 0.6) is 0 Å². The number of nitrogens with one attached hydrogen (secondary N) is 4. The molecule has 0 bridgehead atoms. The fourth-order valence-corrected chi connectivity index (χ4v) is 4.74. The Morgan fingerprint density at radius 2 is 1.16 bits per heavy atom. The van der Waals surface area contributed by atoms with Crippen molar-refractivity contribution in [3.63, 3.8) is 0 Å². The third-order valence-corrected chi connectivity index (χ3v) is 7.82. The summed E-state index contributed by atoms with van der Waals surface area (Å²) in [5.74, 6) is -5.37. The molecule has 0 aromatic rings. The van der Waals surface area contributed by atoms with Gasteiger partial charge < -0.3 is 60.9 Å². The van der Waals surface area contributed by atoms with E-state index in [1.165, 1.54) is 0 Å². The second-order valence-electron chi connectivity index (χ2n) is 14.2. The van der Waals surface area contributed by atoms with Crippen molar-refractivity contribution >= 4 is 47.2 Å². The van der Waals surface area contributed by atoms with Crippen LogP contribution in [0.25, 0.3) is 0 Å². The number of unbranched alkanes of at least 4 members (excludes halogenated alkanes) is 1. The minimum Gasteiger partial charge on any atom is -0.481 e. The first-order chi connectivity index (χ1) is 26.9. The number of carbonyl (C=O) groups excluding carboxylic acids is 6. The largest absolute Gasteiger partial charge is 0.481 e. The highest BCUT2D eigenvalue weighted by Crippen LogP contribution is 2.17. The summed E-state index contributed by atoms with van der Waals surface area (Å²) < 4.78 is 26.6. The molecule has 0 rings (SSSR count). The van der Waals surface area contributed by atoms with Crippen LogP contribution >= 0.6 is 0 Å². The predicted octanol–water partition coefficient (Wildman–Crippen LogP) is -0.659. The zero-order chi connectivity index (χ0) is 43.1. The Bertz CT molecular complexity index is 1240. The van der Waals surface area contributed by atoms with Crippen molar-refractivity contribution in [3.8, 4) is 0 Å². The molecule has 0 spiro atoms. The summed E-state index contributed by atoms with van der Waals surface area (Å²) in [5, 5.41) is 28.1. The van der Waals surface area contributed by atoms with Crippen LogP contribution in [0.2, 0.25) is 0 Å². The molecule has 57 heavy (non-hydrogen) atoms. The van der Waals surface area contributed by atoms with Crippen molar-refractivity contribution < 1.29 is 72.3 Å². The molecule has 8 N–H and O–H groups in total. The summed E-state index contributed by atoms with van der Waals surface area (Å²) in [7, 11) is 0. The Morgan fingerprint density at radius 1 is 0.614 bits per heavy atom. The van der Waals surface area contributed by atoms with Crippen LogP contribution in [-0.2, 0) is 62.0 Å². The molecule has 0 aliphatic heterocycles. The van der Waals surface area contributed by atoms with Gasteiger partial charge in [-0.15, -0.1) is 0 Å². The number of aliphatic carboxylic acids is 2. The zero-order valence-electron chi connectivity index (χ0n) is 33.9. The van der Waals surface area contributed by atoms with Gasteiger partial charge in [-0.05, 0) is 46.5 Å². The average Bonchev–Trinajstić information content (AvgIpc) is 3.13. The van der Waals surface area contributed by atoms with Crippen molar-refractivity contribution in [2.45, 2.75) is 90.7 Å². The second kappa shape index (κ2) is 31.9. The highest BCUT2D eigenvalue weighted by molar-refractivity contribution is 5.91. The van der Waals surface area contributed by atoms with Crippen molar-refractivity contribution in [1.82, 2.24) is 21.3 Å². The van der Waals surface area contributed by atoms with E-state index in [2.05, 4.69) is 21.3 Å². The van der Waals surface area contributed by atoms with Crippen LogP contribution in [0, 0.1) is 11.8 Å². The number of amides is 3. The van der Waals surface area contributed by atoms with Gasteiger partial charge in [0, 0.05) is 44.8 Å². The monoisotopic (exact) mass is 819 g/mol. The van der Waals surface area contributed by atoms with Crippen LogP contribution in [0.15, 0.2) is 0 Å². The summed E-state index contributed by atoms with van der Waals surface area (Å²) >= 11 is 0. The molecule has 0 saturated carbocycles. The van der Waals surface area contributed by atoms with E-state index in [4.69, 9.17) is 39.6 Å². The Kier molecular flexibility index (Phi) is 29.7. The standard InChI is InChI=1S/C37H65N5O15/c1-26(36(52)57-37(2,3)4)8-10-31(45)41-13-15-53-17-20-56-25-33(47)42-14-16-54-18-19-55-24-32(46)40-12-6-5-7-27(30(44)22-39-23-35(50)51)21-29(43)28(38)9-11-34(48)49/h26-28,39H,5-25,38H2,1-4H3,(H,40,46)(H,41,45)(H,42,47)(H,48,49)(H,50,51)/t26-,27+,28-/m0/s1. The summed E-state index contributed by atoms with van der Waals surface area (Å²) in [6, 6.07) is -1.03. The van der Waals surface area contributed by atoms with Crippen LogP contribution in [0.4, 0.5) is 0 Å². The first-order valence-electron chi connectivity index (χ1n) is 19.2. The van der Waals surface area contributed by atoms with Crippen molar-refractivity contribution in [2.24, 2.45) is 17.6 Å². The maximum Gasteiger partial charge on any atom is 0.317 e. The maximum atomic E-state index is 12.6. The molecule has 20 heteroatoms. The molecule has 0 heterocycles. The van der Waals surface area contributed by atoms with E-state index in [0.29, 0.717) is 38.8 Å².